The van der Waals surface area contributed by atoms with Crippen LogP contribution in [0.2, 0.25) is 0 Å². The summed E-state index contributed by atoms with van der Waals surface area (Å²) in [6, 6.07) is 20.6. The van der Waals surface area contributed by atoms with Crippen molar-refractivity contribution in [3.05, 3.63) is 66.2 Å². The molecule has 0 spiro atoms. The first-order valence-electron chi connectivity index (χ1n) is 7.00. The highest BCUT2D eigenvalue weighted by atomic mass is 16.3. The van der Waals surface area contributed by atoms with Gasteiger partial charge in [0.2, 0.25) is 0 Å². The van der Waals surface area contributed by atoms with Crippen LogP contribution in [-0.4, -0.2) is 0 Å². The molecule has 1 aromatic heterocycles. The molecule has 0 aliphatic carbocycles. The van der Waals surface area contributed by atoms with Crippen LogP contribution in [0.25, 0.3) is 33.1 Å². The van der Waals surface area contributed by atoms with E-state index in [0.717, 1.165) is 44.3 Å². The molecule has 0 saturated carbocycles. The van der Waals surface area contributed by atoms with Gasteiger partial charge in [-0.05, 0) is 47.9 Å². The second-order valence-corrected chi connectivity index (χ2v) is 5.38. The van der Waals surface area contributed by atoms with Gasteiger partial charge in [-0.1, -0.05) is 36.4 Å². The summed E-state index contributed by atoms with van der Waals surface area (Å²) in [7, 11) is 0. The van der Waals surface area contributed by atoms with Gasteiger partial charge in [-0.15, -0.1) is 0 Å². The molecule has 1 heterocycles. The molecule has 0 aliphatic rings. The summed E-state index contributed by atoms with van der Waals surface area (Å²) in [5.74, 6) is 0. The minimum absolute atomic E-state index is 0.824. The lowest BCUT2D eigenvalue weighted by Gasteiger charge is -2.05. The molecule has 0 radical (unpaired) electrons. The third kappa shape index (κ3) is 1.88. The van der Waals surface area contributed by atoms with Gasteiger partial charge in [0.1, 0.15) is 11.2 Å². The fourth-order valence-corrected chi connectivity index (χ4v) is 2.73. The van der Waals surface area contributed by atoms with Crippen LogP contribution in [0, 0.1) is 6.92 Å². The molecule has 0 fully saturated rings. The lowest BCUT2D eigenvalue weighted by atomic mass is 10.0. The second kappa shape index (κ2) is 4.38. The van der Waals surface area contributed by atoms with Crippen LogP contribution in [-0.2, 0) is 0 Å². The van der Waals surface area contributed by atoms with Crippen LogP contribution in [0.4, 0.5) is 5.69 Å². The summed E-state index contributed by atoms with van der Waals surface area (Å²) in [4.78, 5) is 0. The molecule has 0 bridgehead atoms. The average Bonchev–Trinajstić information content (AvgIpc) is 2.88. The maximum Gasteiger partial charge on any atom is 0.135 e. The molecule has 21 heavy (non-hydrogen) atoms. The maximum atomic E-state index is 6.02. The zero-order chi connectivity index (χ0) is 14.4. The Kier molecular flexibility index (Phi) is 2.51. The second-order valence-electron chi connectivity index (χ2n) is 5.38. The van der Waals surface area contributed by atoms with Gasteiger partial charge in [-0.25, -0.2) is 0 Å². The standard InChI is InChI=1S/C19H15NO/c1-12-6-7-14(11-17(12)20)13-8-9-19-16(10-13)15-4-2-3-5-18(15)21-19/h2-11H,20H2,1H3. The Morgan fingerprint density at radius 1 is 0.762 bits per heavy atom. The molecule has 102 valence electrons. The number of hydrogen-bond acceptors (Lipinski definition) is 2. The third-order valence-electron chi connectivity index (χ3n) is 3.99. The Morgan fingerprint density at radius 2 is 1.48 bits per heavy atom. The molecule has 0 unspecified atom stereocenters. The molecule has 0 amide bonds. The monoisotopic (exact) mass is 273 g/mol. The lowest BCUT2D eigenvalue weighted by Crippen LogP contribution is -1.89. The highest BCUT2D eigenvalue weighted by molar-refractivity contribution is 6.06. The Bertz CT molecular complexity index is 966. The normalized spacial score (nSPS) is 11.3. The van der Waals surface area contributed by atoms with E-state index < -0.39 is 0 Å². The van der Waals surface area contributed by atoms with Crippen LogP contribution in [0.1, 0.15) is 5.56 Å². The third-order valence-corrected chi connectivity index (χ3v) is 3.99. The number of nitrogen functional groups attached to an aromatic ring is 1. The smallest absolute Gasteiger partial charge is 0.135 e. The molecular weight excluding hydrogens is 258 g/mol. The topological polar surface area (TPSA) is 39.2 Å². The highest BCUT2D eigenvalue weighted by Gasteiger charge is 2.08. The van der Waals surface area contributed by atoms with E-state index in [4.69, 9.17) is 10.2 Å². The van der Waals surface area contributed by atoms with Crippen molar-refractivity contribution < 1.29 is 4.42 Å². The van der Waals surface area contributed by atoms with Crippen LogP contribution in [0.3, 0.4) is 0 Å². The van der Waals surface area contributed by atoms with Gasteiger partial charge in [0.05, 0.1) is 0 Å². The van der Waals surface area contributed by atoms with E-state index in [-0.39, 0.29) is 0 Å². The summed E-state index contributed by atoms with van der Waals surface area (Å²) in [5.41, 5.74) is 12.1. The van der Waals surface area contributed by atoms with E-state index in [9.17, 15) is 0 Å². The number of para-hydroxylation sites is 1. The van der Waals surface area contributed by atoms with Gasteiger partial charge in [-0.3, -0.25) is 0 Å². The first kappa shape index (κ1) is 12.0. The van der Waals surface area contributed by atoms with Crippen molar-refractivity contribution >= 4 is 27.6 Å². The van der Waals surface area contributed by atoms with Crippen molar-refractivity contribution in [3.63, 3.8) is 0 Å². The number of anilines is 1. The summed E-state index contributed by atoms with van der Waals surface area (Å²) in [6.07, 6.45) is 0. The molecule has 2 heteroatoms. The summed E-state index contributed by atoms with van der Waals surface area (Å²) < 4.78 is 5.86. The molecule has 4 rings (SSSR count). The summed E-state index contributed by atoms with van der Waals surface area (Å²) in [6.45, 7) is 2.02. The minimum Gasteiger partial charge on any atom is -0.456 e. The predicted molar refractivity (Wildman–Crippen MR) is 88.3 cm³/mol. The predicted octanol–water partition coefficient (Wildman–Crippen LogP) is 5.14. The molecule has 0 saturated heterocycles. The Balaban J connectivity index is 1.97. The quantitative estimate of drug-likeness (QED) is 0.487. The SMILES string of the molecule is Cc1ccc(-c2ccc3oc4ccccc4c3c2)cc1N. The molecule has 2 N–H and O–H groups in total. The number of fused-ring (bicyclic) bond motifs is 3. The van der Waals surface area contributed by atoms with Crippen LogP contribution in [0.5, 0.6) is 0 Å². The van der Waals surface area contributed by atoms with Crippen molar-refractivity contribution in [2.24, 2.45) is 0 Å². The molecular formula is C19H15NO. The number of hydrogen-bond donors (Lipinski definition) is 1. The van der Waals surface area contributed by atoms with Crippen molar-refractivity contribution in [2.45, 2.75) is 6.92 Å². The van der Waals surface area contributed by atoms with Crippen molar-refractivity contribution in [2.75, 3.05) is 5.73 Å². The first-order valence-corrected chi connectivity index (χ1v) is 7.00. The summed E-state index contributed by atoms with van der Waals surface area (Å²) in [5, 5.41) is 2.29. The maximum absolute atomic E-state index is 6.02. The molecule has 2 nitrogen and oxygen atoms in total. The average molecular weight is 273 g/mol. The van der Waals surface area contributed by atoms with Crippen LogP contribution < -0.4 is 5.73 Å². The molecule has 4 aromatic rings. The number of rotatable bonds is 1. The van der Waals surface area contributed by atoms with Gasteiger partial charge in [0.25, 0.3) is 0 Å². The fraction of sp³-hybridized carbons (Fsp3) is 0.0526. The molecule has 0 atom stereocenters. The fourth-order valence-electron chi connectivity index (χ4n) is 2.73. The van der Waals surface area contributed by atoms with Gasteiger partial charge in [0.15, 0.2) is 0 Å². The van der Waals surface area contributed by atoms with Gasteiger partial charge in [0, 0.05) is 16.5 Å². The van der Waals surface area contributed by atoms with Gasteiger partial charge in [-0.2, -0.15) is 0 Å². The van der Waals surface area contributed by atoms with Crippen LogP contribution in [0.15, 0.2) is 65.1 Å². The zero-order valence-corrected chi connectivity index (χ0v) is 11.8. The summed E-state index contributed by atoms with van der Waals surface area (Å²) >= 11 is 0. The lowest BCUT2D eigenvalue weighted by molar-refractivity contribution is 0.669. The zero-order valence-electron chi connectivity index (χ0n) is 11.8. The first-order chi connectivity index (χ1) is 10.2. The van der Waals surface area contributed by atoms with Crippen molar-refractivity contribution in [3.8, 4) is 11.1 Å². The van der Waals surface area contributed by atoms with E-state index in [1.807, 2.05) is 37.3 Å². The van der Waals surface area contributed by atoms with E-state index in [1.165, 1.54) is 0 Å². The highest BCUT2D eigenvalue weighted by Crippen LogP contribution is 2.32. The van der Waals surface area contributed by atoms with Gasteiger partial charge >= 0.3 is 0 Å². The Labute approximate surface area is 122 Å². The minimum atomic E-state index is 0.824. The van der Waals surface area contributed by atoms with E-state index >= 15 is 0 Å². The Hall–Kier alpha value is -2.74. The number of aryl methyl sites for hydroxylation is 1. The van der Waals surface area contributed by atoms with E-state index in [2.05, 4.69) is 30.3 Å². The van der Waals surface area contributed by atoms with Crippen molar-refractivity contribution in [1.82, 2.24) is 0 Å². The molecule has 3 aromatic carbocycles. The number of nitrogens with two attached hydrogens (primary N) is 1. The van der Waals surface area contributed by atoms with Crippen molar-refractivity contribution in [1.29, 1.82) is 0 Å². The van der Waals surface area contributed by atoms with Gasteiger partial charge < -0.3 is 10.2 Å². The number of furan rings is 1. The molecule has 0 aliphatic heterocycles. The van der Waals surface area contributed by atoms with E-state index in [0.29, 0.717) is 0 Å². The Morgan fingerprint density at radius 3 is 2.33 bits per heavy atom. The van der Waals surface area contributed by atoms with Crippen LogP contribution >= 0.6 is 0 Å². The largest absolute Gasteiger partial charge is 0.456 e. The number of benzene rings is 3. The van der Waals surface area contributed by atoms with E-state index in [1.54, 1.807) is 0 Å².